The van der Waals surface area contributed by atoms with Crippen LogP contribution in [0.1, 0.15) is 23.6 Å². The molecular formula is C14H23NOS. The van der Waals surface area contributed by atoms with E-state index in [2.05, 4.69) is 37.4 Å². The van der Waals surface area contributed by atoms with Crippen molar-refractivity contribution in [2.75, 3.05) is 18.6 Å². The Morgan fingerprint density at radius 1 is 1.35 bits per heavy atom. The average molecular weight is 253 g/mol. The van der Waals surface area contributed by atoms with Crippen LogP contribution in [0.15, 0.2) is 18.2 Å². The van der Waals surface area contributed by atoms with Gasteiger partial charge in [-0.05, 0) is 43.7 Å². The van der Waals surface area contributed by atoms with Gasteiger partial charge in [0, 0.05) is 18.8 Å². The van der Waals surface area contributed by atoms with Gasteiger partial charge in [-0.2, -0.15) is 11.8 Å². The molecule has 96 valence electrons. The minimum Gasteiger partial charge on any atom is -0.388 e. The minimum absolute atomic E-state index is 0.626. The first-order valence-electron chi connectivity index (χ1n) is 5.93. The van der Waals surface area contributed by atoms with E-state index >= 15 is 0 Å². The van der Waals surface area contributed by atoms with E-state index < -0.39 is 5.60 Å². The third kappa shape index (κ3) is 4.70. The summed E-state index contributed by atoms with van der Waals surface area (Å²) in [5.41, 5.74) is 3.34. The Hall–Kier alpha value is -0.510. The van der Waals surface area contributed by atoms with Crippen LogP contribution < -0.4 is 5.32 Å². The monoisotopic (exact) mass is 253 g/mol. The summed E-state index contributed by atoms with van der Waals surface area (Å²) < 4.78 is 0. The number of benzene rings is 1. The molecule has 0 aromatic heterocycles. The van der Waals surface area contributed by atoms with Crippen LogP contribution in [-0.2, 0) is 6.54 Å². The number of nitrogens with one attached hydrogen (secondary N) is 1. The third-order valence-electron chi connectivity index (χ3n) is 2.99. The van der Waals surface area contributed by atoms with E-state index in [0.29, 0.717) is 6.54 Å². The van der Waals surface area contributed by atoms with E-state index in [0.717, 1.165) is 12.3 Å². The molecular weight excluding hydrogens is 230 g/mol. The molecule has 0 bridgehead atoms. The Labute approximate surface area is 109 Å². The van der Waals surface area contributed by atoms with Crippen LogP contribution >= 0.6 is 11.8 Å². The number of hydrogen-bond acceptors (Lipinski definition) is 3. The van der Waals surface area contributed by atoms with Crippen LogP contribution in [0.25, 0.3) is 0 Å². The van der Waals surface area contributed by atoms with Crippen molar-refractivity contribution in [1.82, 2.24) is 5.32 Å². The molecule has 0 saturated carbocycles. The van der Waals surface area contributed by atoms with E-state index in [-0.39, 0.29) is 0 Å². The van der Waals surface area contributed by atoms with Crippen LogP contribution in [0.5, 0.6) is 0 Å². The Balaban J connectivity index is 2.49. The zero-order valence-corrected chi connectivity index (χ0v) is 12.0. The molecule has 0 heterocycles. The zero-order chi connectivity index (χ0) is 12.9. The Bertz CT molecular complexity index is 363. The summed E-state index contributed by atoms with van der Waals surface area (Å²) >= 11 is 1.67. The lowest BCUT2D eigenvalue weighted by Crippen LogP contribution is -2.39. The van der Waals surface area contributed by atoms with E-state index in [1.165, 1.54) is 16.7 Å². The molecule has 0 spiro atoms. The predicted molar refractivity (Wildman–Crippen MR) is 76.6 cm³/mol. The lowest BCUT2D eigenvalue weighted by atomic mass is 10.0. The highest BCUT2D eigenvalue weighted by Gasteiger charge is 2.18. The highest BCUT2D eigenvalue weighted by Crippen LogP contribution is 2.13. The van der Waals surface area contributed by atoms with Gasteiger partial charge in [0.15, 0.2) is 0 Å². The molecule has 1 unspecified atom stereocenters. The second-order valence-corrected chi connectivity index (χ2v) is 5.76. The molecule has 0 aliphatic heterocycles. The standard InChI is InChI=1S/C14H23NOS/c1-11-6-5-7-13(12(11)2)8-15-9-14(3,16)10-17-4/h5-7,15-16H,8-10H2,1-4H3. The topological polar surface area (TPSA) is 32.3 Å². The molecule has 0 saturated heterocycles. The molecule has 0 aliphatic rings. The number of aliphatic hydroxyl groups is 1. The lowest BCUT2D eigenvalue weighted by Gasteiger charge is -2.23. The largest absolute Gasteiger partial charge is 0.388 e. The molecule has 0 aliphatic carbocycles. The summed E-state index contributed by atoms with van der Waals surface area (Å²) in [6, 6.07) is 6.35. The van der Waals surface area contributed by atoms with E-state index in [4.69, 9.17) is 0 Å². The fraction of sp³-hybridized carbons (Fsp3) is 0.571. The highest BCUT2D eigenvalue weighted by atomic mass is 32.2. The SMILES string of the molecule is CSCC(C)(O)CNCc1cccc(C)c1C. The fourth-order valence-electron chi connectivity index (χ4n) is 1.83. The van der Waals surface area contributed by atoms with Crippen molar-refractivity contribution in [1.29, 1.82) is 0 Å². The molecule has 0 amide bonds. The Morgan fingerprint density at radius 2 is 2.06 bits per heavy atom. The lowest BCUT2D eigenvalue weighted by molar-refractivity contribution is 0.0846. The molecule has 17 heavy (non-hydrogen) atoms. The average Bonchev–Trinajstić information content (AvgIpc) is 2.24. The summed E-state index contributed by atoms with van der Waals surface area (Å²) in [5, 5.41) is 13.4. The van der Waals surface area contributed by atoms with Gasteiger partial charge in [0.05, 0.1) is 5.60 Å². The molecule has 1 aromatic carbocycles. The van der Waals surface area contributed by atoms with E-state index in [1.54, 1.807) is 11.8 Å². The minimum atomic E-state index is -0.628. The van der Waals surface area contributed by atoms with Crippen LogP contribution in [-0.4, -0.2) is 29.3 Å². The van der Waals surface area contributed by atoms with Crippen molar-refractivity contribution in [3.8, 4) is 0 Å². The smallest absolute Gasteiger partial charge is 0.0833 e. The first-order valence-corrected chi connectivity index (χ1v) is 7.33. The third-order valence-corrected chi connectivity index (χ3v) is 3.90. The van der Waals surface area contributed by atoms with Gasteiger partial charge in [-0.3, -0.25) is 0 Å². The van der Waals surface area contributed by atoms with Gasteiger partial charge in [-0.15, -0.1) is 0 Å². The van der Waals surface area contributed by atoms with E-state index in [1.807, 2.05) is 13.2 Å². The molecule has 0 radical (unpaired) electrons. The van der Waals surface area contributed by atoms with Crippen molar-refractivity contribution < 1.29 is 5.11 Å². The Kier molecular flexibility index (Phi) is 5.50. The van der Waals surface area contributed by atoms with Crippen LogP contribution in [0, 0.1) is 13.8 Å². The summed E-state index contributed by atoms with van der Waals surface area (Å²) in [4.78, 5) is 0. The number of aryl methyl sites for hydroxylation is 1. The zero-order valence-electron chi connectivity index (χ0n) is 11.2. The summed E-state index contributed by atoms with van der Waals surface area (Å²) in [6.45, 7) is 7.59. The van der Waals surface area contributed by atoms with Crippen LogP contribution in [0.2, 0.25) is 0 Å². The second-order valence-electron chi connectivity index (χ2n) is 4.89. The summed E-state index contributed by atoms with van der Waals surface area (Å²) in [5.74, 6) is 0.757. The normalized spacial score (nSPS) is 14.6. The molecule has 3 heteroatoms. The van der Waals surface area contributed by atoms with Crippen molar-refractivity contribution in [2.24, 2.45) is 0 Å². The Morgan fingerprint density at radius 3 is 2.71 bits per heavy atom. The van der Waals surface area contributed by atoms with Crippen LogP contribution in [0.3, 0.4) is 0 Å². The molecule has 2 N–H and O–H groups in total. The quantitative estimate of drug-likeness (QED) is 0.817. The maximum atomic E-state index is 10.0. The van der Waals surface area contributed by atoms with Crippen molar-refractivity contribution in [3.05, 3.63) is 34.9 Å². The first-order chi connectivity index (χ1) is 7.96. The molecule has 2 nitrogen and oxygen atoms in total. The number of hydrogen-bond donors (Lipinski definition) is 2. The van der Waals surface area contributed by atoms with Crippen LogP contribution in [0.4, 0.5) is 0 Å². The van der Waals surface area contributed by atoms with Gasteiger partial charge in [-0.1, -0.05) is 18.2 Å². The van der Waals surface area contributed by atoms with Gasteiger partial charge in [0.2, 0.25) is 0 Å². The second kappa shape index (κ2) is 6.43. The summed E-state index contributed by atoms with van der Waals surface area (Å²) in [6.07, 6.45) is 2.01. The maximum Gasteiger partial charge on any atom is 0.0833 e. The van der Waals surface area contributed by atoms with Gasteiger partial charge < -0.3 is 10.4 Å². The number of rotatable bonds is 6. The molecule has 1 atom stereocenters. The summed E-state index contributed by atoms with van der Waals surface area (Å²) in [7, 11) is 0. The molecule has 1 rings (SSSR count). The predicted octanol–water partition coefficient (Wildman–Crippen LogP) is 2.51. The van der Waals surface area contributed by atoms with Crippen molar-refractivity contribution >= 4 is 11.8 Å². The van der Waals surface area contributed by atoms with Gasteiger partial charge in [0.1, 0.15) is 0 Å². The number of thioether (sulfide) groups is 1. The van der Waals surface area contributed by atoms with Gasteiger partial charge >= 0.3 is 0 Å². The maximum absolute atomic E-state index is 10.0. The van der Waals surface area contributed by atoms with E-state index in [9.17, 15) is 5.11 Å². The molecule has 1 aromatic rings. The first kappa shape index (κ1) is 14.6. The van der Waals surface area contributed by atoms with Gasteiger partial charge in [-0.25, -0.2) is 0 Å². The van der Waals surface area contributed by atoms with Crippen molar-refractivity contribution in [2.45, 2.75) is 32.9 Å². The van der Waals surface area contributed by atoms with Gasteiger partial charge in [0.25, 0.3) is 0 Å². The molecule has 0 fully saturated rings. The fourth-order valence-corrected chi connectivity index (χ4v) is 2.56. The van der Waals surface area contributed by atoms with Crippen molar-refractivity contribution in [3.63, 3.8) is 0 Å². The highest BCUT2D eigenvalue weighted by molar-refractivity contribution is 7.98.